The average molecular weight is 710 g/mol. The van der Waals surface area contributed by atoms with Crippen LogP contribution >= 0.6 is 38.6 Å². The van der Waals surface area contributed by atoms with Crippen molar-refractivity contribution < 1.29 is 45.4 Å². The average Bonchev–Trinajstić information content (AvgIpc) is 3.57. The maximum atomic E-state index is 12.6. The summed E-state index contributed by atoms with van der Waals surface area (Å²) in [4.78, 5) is 32.7. The lowest BCUT2D eigenvalue weighted by Crippen LogP contribution is -2.04. The molecule has 0 saturated carbocycles. The number of hydrogen-bond donors (Lipinski definition) is 0. The number of benzene rings is 2. The molecule has 0 unspecified atom stereocenters. The van der Waals surface area contributed by atoms with Gasteiger partial charge in [0.2, 0.25) is 0 Å². The molecule has 0 spiro atoms. The predicted octanol–water partition coefficient (Wildman–Crippen LogP) is 9.21. The Balaban J connectivity index is 0.000000236. The zero-order chi connectivity index (χ0) is 31.9. The lowest BCUT2D eigenvalue weighted by molar-refractivity contribution is -0.138. The quantitative estimate of drug-likeness (QED) is 0.108. The second-order valence-corrected chi connectivity index (χ2v) is 11.0. The van der Waals surface area contributed by atoms with Crippen LogP contribution in [0.2, 0.25) is 0 Å². The first kappa shape index (κ1) is 34.2. The summed E-state index contributed by atoms with van der Waals surface area (Å²) in [6, 6.07) is 9.35. The molecule has 230 valence electrons. The van der Waals surface area contributed by atoms with Crippen LogP contribution in [0.1, 0.15) is 55.7 Å². The molecule has 0 aliphatic heterocycles. The van der Waals surface area contributed by atoms with Crippen molar-refractivity contribution in [2.75, 3.05) is 13.2 Å². The molecule has 4 rings (SSSR count). The van der Waals surface area contributed by atoms with Crippen molar-refractivity contribution in [3.63, 3.8) is 0 Å². The summed E-state index contributed by atoms with van der Waals surface area (Å²) in [7, 11) is 0. The number of thiazole rings is 2. The smallest absolute Gasteiger partial charge is 0.416 e. The van der Waals surface area contributed by atoms with Crippen molar-refractivity contribution in [1.29, 1.82) is 0 Å². The van der Waals surface area contributed by atoms with E-state index < -0.39 is 35.4 Å². The van der Waals surface area contributed by atoms with Gasteiger partial charge in [-0.3, -0.25) is 0 Å². The highest BCUT2D eigenvalue weighted by molar-refractivity contribution is 9.08. The number of alkyl halides is 7. The molecular weight excluding hydrogens is 686 g/mol. The predicted molar refractivity (Wildman–Crippen MR) is 154 cm³/mol. The number of halogens is 7. The Morgan fingerprint density at radius 1 is 0.721 bits per heavy atom. The van der Waals surface area contributed by atoms with E-state index in [9.17, 15) is 35.9 Å². The van der Waals surface area contributed by atoms with Crippen molar-refractivity contribution in [3.05, 3.63) is 80.8 Å². The van der Waals surface area contributed by atoms with Gasteiger partial charge in [-0.05, 0) is 45.0 Å². The molecule has 0 amide bonds. The third-order valence-corrected chi connectivity index (χ3v) is 8.30. The SMILES string of the molecule is CCOC(=O)c1sc(-c2ccc(C(F)(F)F)cc2)nc1C.CCOC(=O)c1sc(-c2ccc(C(F)(F)F)cc2)nc1CBr. The van der Waals surface area contributed by atoms with Crippen LogP contribution in [0.15, 0.2) is 48.5 Å². The molecule has 0 aliphatic rings. The first-order valence-electron chi connectivity index (χ1n) is 12.4. The Bertz CT molecular complexity index is 1550. The van der Waals surface area contributed by atoms with Crippen LogP contribution in [-0.4, -0.2) is 35.1 Å². The lowest BCUT2D eigenvalue weighted by Gasteiger charge is -2.06. The summed E-state index contributed by atoms with van der Waals surface area (Å²) in [5.41, 5.74) is 0.637. The van der Waals surface area contributed by atoms with Gasteiger partial charge in [0.25, 0.3) is 0 Å². The van der Waals surface area contributed by atoms with E-state index in [4.69, 9.17) is 9.47 Å². The molecule has 0 radical (unpaired) electrons. The first-order valence-corrected chi connectivity index (χ1v) is 15.2. The highest BCUT2D eigenvalue weighted by Crippen LogP contribution is 2.35. The van der Waals surface area contributed by atoms with E-state index in [2.05, 4.69) is 25.9 Å². The van der Waals surface area contributed by atoms with Crippen LogP contribution in [0, 0.1) is 6.92 Å². The summed E-state index contributed by atoms with van der Waals surface area (Å²) in [6.45, 7) is 5.56. The Morgan fingerprint density at radius 3 is 1.51 bits per heavy atom. The van der Waals surface area contributed by atoms with E-state index in [1.165, 1.54) is 24.3 Å². The monoisotopic (exact) mass is 708 g/mol. The number of nitrogens with zero attached hydrogens (tertiary/aromatic N) is 2. The first-order chi connectivity index (χ1) is 20.2. The minimum atomic E-state index is -4.38. The lowest BCUT2D eigenvalue weighted by atomic mass is 10.1. The van der Waals surface area contributed by atoms with Crippen molar-refractivity contribution in [2.45, 2.75) is 38.5 Å². The minimum Gasteiger partial charge on any atom is -0.462 e. The van der Waals surface area contributed by atoms with E-state index in [1.54, 1.807) is 20.8 Å². The summed E-state index contributed by atoms with van der Waals surface area (Å²) in [6.07, 6.45) is -8.74. The molecule has 15 heteroatoms. The second kappa shape index (κ2) is 14.4. The number of rotatable bonds is 7. The van der Waals surface area contributed by atoms with Gasteiger partial charge in [0, 0.05) is 16.5 Å². The Hall–Kier alpha value is -3.30. The Kier molecular flexibility index (Phi) is 11.5. The van der Waals surface area contributed by atoms with Gasteiger partial charge in [0.1, 0.15) is 19.8 Å². The van der Waals surface area contributed by atoms with E-state index in [-0.39, 0.29) is 13.2 Å². The van der Waals surface area contributed by atoms with Gasteiger partial charge in [-0.15, -0.1) is 22.7 Å². The summed E-state index contributed by atoms with van der Waals surface area (Å²) >= 11 is 5.45. The van der Waals surface area contributed by atoms with E-state index >= 15 is 0 Å². The number of hydrogen-bond acceptors (Lipinski definition) is 8. The molecular formula is C28H23BrF6N2O4S2. The van der Waals surface area contributed by atoms with Crippen LogP contribution in [0.3, 0.4) is 0 Å². The van der Waals surface area contributed by atoms with Crippen molar-refractivity contribution in [3.8, 4) is 21.1 Å². The number of carbonyl (C=O) groups excluding carboxylic acids is 2. The summed E-state index contributed by atoms with van der Waals surface area (Å²) in [5, 5.41) is 1.33. The molecule has 2 aromatic carbocycles. The highest BCUT2D eigenvalue weighted by atomic mass is 79.9. The van der Waals surface area contributed by atoms with Gasteiger partial charge >= 0.3 is 24.3 Å². The number of aromatic nitrogens is 2. The van der Waals surface area contributed by atoms with E-state index in [0.717, 1.165) is 46.9 Å². The fourth-order valence-electron chi connectivity index (χ4n) is 3.43. The minimum absolute atomic E-state index is 0.244. The second-order valence-electron chi connectivity index (χ2n) is 8.45. The zero-order valence-electron chi connectivity index (χ0n) is 22.7. The molecule has 0 fully saturated rings. The standard InChI is InChI=1S/C14H11BrF3NO2S.C14H12F3NO2S/c1-2-21-13(20)11-10(7-15)19-12(22-11)8-3-5-9(6-4-8)14(16,17)18;1-3-20-13(19)11-8(2)18-12(21-11)9-4-6-10(7-5-9)14(15,16)17/h3-6H,2,7H2,1H3;4-7H,3H2,1-2H3. The topological polar surface area (TPSA) is 78.4 Å². The molecule has 0 atom stereocenters. The van der Waals surface area contributed by atoms with Gasteiger partial charge in [0.15, 0.2) is 0 Å². The molecule has 4 aromatic rings. The third kappa shape index (κ3) is 8.86. The number of ether oxygens (including phenoxy) is 2. The van der Waals surface area contributed by atoms with Gasteiger partial charge in [-0.2, -0.15) is 26.3 Å². The van der Waals surface area contributed by atoms with Gasteiger partial charge in [-0.1, -0.05) is 40.2 Å². The number of aryl methyl sites for hydroxylation is 1. The molecule has 0 bridgehead atoms. The van der Waals surface area contributed by atoms with Crippen molar-refractivity contribution in [1.82, 2.24) is 9.97 Å². The van der Waals surface area contributed by atoms with Crippen molar-refractivity contribution >= 4 is 50.5 Å². The molecule has 0 saturated heterocycles. The van der Waals surface area contributed by atoms with Crippen LogP contribution < -0.4 is 0 Å². The van der Waals surface area contributed by atoms with Crippen LogP contribution in [0.25, 0.3) is 21.1 Å². The van der Waals surface area contributed by atoms with E-state index in [0.29, 0.717) is 47.6 Å². The van der Waals surface area contributed by atoms with Gasteiger partial charge < -0.3 is 9.47 Å². The van der Waals surface area contributed by atoms with Crippen LogP contribution in [0.5, 0.6) is 0 Å². The number of esters is 2. The zero-order valence-corrected chi connectivity index (χ0v) is 25.9. The van der Waals surface area contributed by atoms with Crippen molar-refractivity contribution in [2.24, 2.45) is 0 Å². The highest BCUT2D eigenvalue weighted by Gasteiger charge is 2.31. The maximum Gasteiger partial charge on any atom is 0.416 e. The van der Waals surface area contributed by atoms with Gasteiger partial charge in [0.05, 0.1) is 35.7 Å². The largest absolute Gasteiger partial charge is 0.462 e. The maximum absolute atomic E-state index is 12.6. The fourth-order valence-corrected chi connectivity index (χ4v) is 5.97. The molecule has 2 aromatic heterocycles. The third-order valence-electron chi connectivity index (χ3n) is 5.46. The molecule has 43 heavy (non-hydrogen) atoms. The number of carbonyl (C=O) groups is 2. The summed E-state index contributed by atoms with van der Waals surface area (Å²) < 4.78 is 85.0. The normalized spacial score (nSPS) is 11.5. The van der Waals surface area contributed by atoms with Crippen LogP contribution in [0.4, 0.5) is 26.3 Å². The summed E-state index contributed by atoms with van der Waals surface area (Å²) in [5.74, 6) is -0.946. The van der Waals surface area contributed by atoms with E-state index in [1.807, 2.05) is 0 Å². The molecule has 0 N–H and O–H groups in total. The molecule has 2 heterocycles. The Morgan fingerprint density at radius 2 is 1.12 bits per heavy atom. The molecule has 6 nitrogen and oxygen atoms in total. The fraction of sp³-hybridized carbons (Fsp3) is 0.286. The molecule has 0 aliphatic carbocycles. The Labute approximate surface area is 258 Å². The van der Waals surface area contributed by atoms with Gasteiger partial charge in [-0.25, -0.2) is 19.6 Å². The van der Waals surface area contributed by atoms with Crippen LogP contribution in [-0.2, 0) is 27.2 Å².